The van der Waals surface area contributed by atoms with Crippen molar-refractivity contribution in [2.45, 2.75) is 12.8 Å². The number of nitrogens with zero attached hydrogens (tertiary/aromatic N) is 2. The average molecular weight is 308 g/mol. The van der Waals surface area contributed by atoms with Gasteiger partial charge in [0, 0.05) is 5.56 Å². The van der Waals surface area contributed by atoms with E-state index in [9.17, 15) is 14.7 Å². The van der Waals surface area contributed by atoms with Crippen molar-refractivity contribution >= 4 is 18.0 Å². The van der Waals surface area contributed by atoms with E-state index in [0.29, 0.717) is 5.56 Å². The van der Waals surface area contributed by atoms with E-state index < -0.39 is 0 Å². The molecular weight excluding hydrogens is 292 g/mol. The third-order valence-electron chi connectivity index (χ3n) is 6.08. The van der Waals surface area contributed by atoms with Gasteiger partial charge in [-0.2, -0.15) is 10.1 Å². The van der Waals surface area contributed by atoms with Gasteiger partial charge in [0.2, 0.25) is 0 Å². The average Bonchev–Trinajstić information content (AvgIpc) is 3.15. The molecule has 0 radical (unpaired) electrons. The minimum atomic E-state index is -0.235. The van der Waals surface area contributed by atoms with Crippen LogP contribution in [0.15, 0.2) is 41.5 Å². The van der Waals surface area contributed by atoms with Crippen molar-refractivity contribution in [3.05, 3.63) is 42.0 Å². The van der Waals surface area contributed by atoms with Gasteiger partial charge in [-0.3, -0.25) is 9.59 Å². The summed E-state index contributed by atoms with van der Waals surface area (Å²) in [6.45, 7) is 0. The fraction of sp³-hybridized carbons (Fsp3) is 0.389. The predicted octanol–water partition coefficient (Wildman–Crippen LogP) is 1.92. The maximum atomic E-state index is 12.7. The number of carbonyl (C=O) groups is 2. The lowest BCUT2D eigenvalue weighted by Gasteiger charge is -2.18. The minimum absolute atomic E-state index is 0.0780. The summed E-state index contributed by atoms with van der Waals surface area (Å²) >= 11 is 0. The molecule has 116 valence electrons. The van der Waals surface area contributed by atoms with Gasteiger partial charge in [0.25, 0.3) is 11.8 Å². The summed E-state index contributed by atoms with van der Waals surface area (Å²) in [4.78, 5) is 25.4. The first kappa shape index (κ1) is 13.0. The Kier molecular flexibility index (Phi) is 2.33. The lowest BCUT2D eigenvalue weighted by atomic mass is 9.85. The van der Waals surface area contributed by atoms with E-state index in [-0.39, 0.29) is 46.7 Å². The van der Waals surface area contributed by atoms with Gasteiger partial charge in [0.15, 0.2) is 0 Å². The van der Waals surface area contributed by atoms with Gasteiger partial charge >= 0.3 is 0 Å². The smallest absolute Gasteiger partial charge is 0.254 e. The first-order valence-electron chi connectivity index (χ1n) is 8.02. The van der Waals surface area contributed by atoms with Crippen LogP contribution in [0.25, 0.3) is 0 Å². The Hall–Kier alpha value is -2.43. The minimum Gasteiger partial charge on any atom is -0.507 e. The molecule has 1 aromatic rings. The molecule has 1 N–H and O–H groups in total. The summed E-state index contributed by atoms with van der Waals surface area (Å²) in [5, 5.41) is 14.9. The summed E-state index contributed by atoms with van der Waals surface area (Å²) in [7, 11) is 0. The number of phenols is 1. The molecule has 1 aliphatic heterocycles. The van der Waals surface area contributed by atoms with Gasteiger partial charge < -0.3 is 5.11 Å². The van der Waals surface area contributed by atoms with Crippen LogP contribution in [-0.4, -0.2) is 28.1 Å². The van der Waals surface area contributed by atoms with Crippen LogP contribution < -0.4 is 0 Å². The molecule has 1 spiro atoms. The normalized spacial score (nSPS) is 35.7. The van der Waals surface area contributed by atoms with E-state index in [1.54, 1.807) is 24.3 Å². The zero-order chi connectivity index (χ0) is 15.8. The van der Waals surface area contributed by atoms with Crippen molar-refractivity contribution in [3.8, 4) is 5.75 Å². The van der Waals surface area contributed by atoms with Crippen molar-refractivity contribution in [2.24, 2.45) is 34.2 Å². The summed E-state index contributed by atoms with van der Waals surface area (Å²) in [6, 6.07) is 6.71. The quantitative estimate of drug-likeness (QED) is 0.515. The molecule has 2 bridgehead atoms. The Labute approximate surface area is 133 Å². The zero-order valence-electron chi connectivity index (χ0n) is 12.4. The molecule has 4 unspecified atom stereocenters. The van der Waals surface area contributed by atoms with Crippen LogP contribution in [0.4, 0.5) is 0 Å². The predicted molar refractivity (Wildman–Crippen MR) is 82.3 cm³/mol. The number of phenolic OH excluding ortho intramolecular Hbond substituents is 1. The second-order valence-corrected chi connectivity index (χ2v) is 7.01. The summed E-state index contributed by atoms with van der Waals surface area (Å²) in [5.41, 5.74) is 0.693. The second-order valence-electron chi connectivity index (χ2n) is 7.01. The molecule has 3 fully saturated rings. The van der Waals surface area contributed by atoms with E-state index in [4.69, 9.17) is 0 Å². The maximum absolute atomic E-state index is 12.7. The highest BCUT2D eigenvalue weighted by atomic mass is 16.3. The highest BCUT2D eigenvalue weighted by molar-refractivity contribution is 6.07. The number of hydrogen-bond donors (Lipinski definition) is 1. The molecule has 1 heterocycles. The Morgan fingerprint density at radius 1 is 1.09 bits per heavy atom. The zero-order valence-corrected chi connectivity index (χ0v) is 12.4. The lowest BCUT2D eigenvalue weighted by molar-refractivity contribution is -0.141. The molecule has 1 saturated heterocycles. The van der Waals surface area contributed by atoms with Crippen LogP contribution in [0.3, 0.4) is 0 Å². The Bertz CT molecular complexity index is 759. The largest absolute Gasteiger partial charge is 0.507 e. The fourth-order valence-corrected chi connectivity index (χ4v) is 4.89. The van der Waals surface area contributed by atoms with Gasteiger partial charge in [-0.15, -0.1) is 0 Å². The van der Waals surface area contributed by atoms with Crippen LogP contribution in [0.2, 0.25) is 0 Å². The van der Waals surface area contributed by atoms with Crippen LogP contribution in [0, 0.1) is 29.1 Å². The van der Waals surface area contributed by atoms with E-state index in [1.807, 2.05) is 0 Å². The number of rotatable bonds is 2. The highest BCUT2D eigenvalue weighted by Crippen LogP contribution is 2.73. The van der Waals surface area contributed by atoms with Crippen molar-refractivity contribution in [1.82, 2.24) is 5.01 Å². The number of hydrogen-bond acceptors (Lipinski definition) is 4. The van der Waals surface area contributed by atoms with Crippen molar-refractivity contribution in [1.29, 1.82) is 0 Å². The molecule has 2 amide bonds. The van der Waals surface area contributed by atoms with E-state index in [2.05, 4.69) is 17.3 Å². The van der Waals surface area contributed by atoms with E-state index in [1.165, 1.54) is 6.21 Å². The monoisotopic (exact) mass is 308 g/mol. The SMILES string of the molecule is O=C1C2C(C(=O)N1N=Cc1ccccc1O)C1C=CC2C12CC2. The van der Waals surface area contributed by atoms with Crippen molar-refractivity contribution < 1.29 is 14.7 Å². The third kappa shape index (κ3) is 1.49. The molecule has 1 aromatic carbocycles. The number of para-hydroxylation sites is 1. The Morgan fingerprint density at radius 2 is 1.70 bits per heavy atom. The number of aromatic hydroxyl groups is 1. The highest BCUT2D eigenvalue weighted by Gasteiger charge is 2.73. The summed E-state index contributed by atoms with van der Waals surface area (Å²) in [5.74, 6) is -0.347. The number of benzene rings is 1. The van der Waals surface area contributed by atoms with Gasteiger partial charge in [-0.05, 0) is 42.2 Å². The number of amides is 2. The number of hydrazone groups is 1. The molecule has 5 heteroatoms. The van der Waals surface area contributed by atoms with Gasteiger partial charge in [0.1, 0.15) is 5.75 Å². The Balaban J connectivity index is 1.46. The van der Waals surface area contributed by atoms with Crippen molar-refractivity contribution in [3.63, 3.8) is 0 Å². The molecule has 5 nitrogen and oxygen atoms in total. The van der Waals surface area contributed by atoms with Gasteiger partial charge in [-0.25, -0.2) is 0 Å². The summed E-state index contributed by atoms with van der Waals surface area (Å²) in [6.07, 6.45) is 7.92. The van der Waals surface area contributed by atoms with Crippen LogP contribution in [-0.2, 0) is 9.59 Å². The standard InChI is InChI=1S/C18H16N2O3/c21-13-4-2-1-3-10(13)9-19-20-16(22)14-11-5-6-12(15(14)17(20)23)18(11)7-8-18/h1-6,9,11-12,14-15,21H,7-8H2. The molecule has 0 aromatic heterocycles. The second kappa shape index (κ2) is 4.10. The van der Waals surface area contributed by atoms with Crippen molar-refractivity contribution in [2.75, 3.05) is 0 Å². The van der Waals surface area contributed by atoms with E-state index in [0.717, 1.165) is 17.9 Å². The number of allylic oxidation sites excluding steroid dienone is 2. The fourth-order valence-electron chi connectivity index (χ4n) is 4.89. The molecule has 4 aliphatic rings. The molecule has 5 rings (SSSR count). The molecule has 23 heavy (non-hydrogen) atoms. The lowest BCUT2D eigenvalue weighted by Crippen LogP contribution is -2.30. The first-order chi connectivity index (χ1) is 11.1. The number of fused-ring (bicyclic) bond motifs is 3. The first-order valence-corrected chi connectivity index (χ1v) is 8.02. The summed E-state index contributed by atoms with van der Waals surface area (Å²) < 4.78 is 0. The third-order valence-corrected chi connectivity index (χ3v) is 6.08. The van der Waals surface area contributed by atoms with Gasteiger partial charge in [0.05, 0.1) is 18.1 Å². The number of imide groups is 1. The van der Waals surface area contributed by atoms with Crippen LogP contribution in [0.1, 0.15) is 18.4 Å². The Morgan fingerprint density at radius 3 is 2.26 bits per heavy atom. The van der Waals surface area contributed by atoms with E-state index >= 15 is 0 Å². The van der Waals surface area contributed by atoms with Crippen LogP contribution >= 0.6 is 0 Å². The number of carbonyl (C=O) groups excluding carboxylic acids is 2. The molecule has 4 atom stereocenters. The molecule has 2 saturated carbocycles. The topological polar surface area (TPSA) is 70.0 Å². The molecular formula is C18H16N2O3. The molecule has 3 aliphatic carbocycles. The van der Waals surface area contributed by atoms with Gasteiger partial charge in [-0.1, -0.05) is 24.3 Å². The maximum Gasteiger partial charge on any atom is 0.254 e. The van der Waals surface area contributed by atoms with Crippen LogP contribution in [0.5, 0.6) is 5.75 Å².